The smallest absolute Gasteiger partial charge is 0.237 e. The summed E-state index contributed by atoms with van der Waals surface area (Å²) in [6.45, 7) is 6.04. The highest BCUT2D eigenvalue weighted by atomic mass is 16.2. The van der Waals surface area contributed by atoms with E-state index >= 15 is 0 Å². The lowest BCUT2D eigenvalue weighted by Gasteiger charge is -2.47. The van der Waals surface area contributed by atoms with Crippen LogP contribution in [0.1, 0.15) is 52.9 Å². The number of nitrogens with one attached hydrogen (secondary N) is 1. The van der Waals surface area contributed by atoms with E-state index in [2.05, 4.69) is 17.3 Å². The van der Waals surface area contributed by atoms with Gasteiger partial charge in [-0.2, -0.15) is 0 Å². The Labute approximate surface area is 117 Å². The third-order valence-corrected chi connectivity index (χ3v) is 4.90. The first-order chi connectivity index (χ1) is 8.79. The summed E-state index contributed by atoms with van der Waals surface area (Å²) in [5.74, 6) is 0.0140. The summed E-state index contributed by atoms with van der Waals surface area (Å²) in [6.07, 6.45) is 6.03. The van der Waals surface area contributed by atoms with Crippen molar-refractivity contribution < 1.29 is 4.79 Å². The molecule has 2 bridgehead atoms. The maximum absolute atomic E-state index is 12.2. The van der Waals surface area contributed by atoms with Crippen molar-refractivity contribution in [3.05, 3.63) is 0 Å². The van der Waals surface area contributed by atoms with Crippen molar-refractivity contribution in [1.29, 1.82) is 0 Å². The van der Waals surface area contributed by atoms with E-state index in [4.69, 9.17) is 5.73 Å². The predicted molar refractivity (Wildman–Crippen MR) is 77.8 cm³/mol. The first-order valence-electron chi connectivity index (χ1n) is 7.57. The SMILES string of the molecule is CN1C2CCCC1CC(NC(=O)[C@H](N)C(C)(C)C)C2. The molecule has 2 aliphatic heterocycles. The number of carbonyl (C=O) groups excluding carboxylic acids is 1. The summed E-state index contributed by atoms with van der Waals surface area (Å²) in [6, 6.07) is 1.17. The fraction of sp³-hybridized carbons (Fsp3) is 0.933. The van der Waals surface area contributed by atoms with Crippen molar-refractivity contribution in [2.75, 3.05) is 7.05 Å². The summed E-state index contributed by atoms with van der Waals surface area (Å²) < 4.78 is 0. The average molecular weight is 267 g/mol. The minimum absolute atomic E-state index is 0.0140. The average Bonchev–Trinajstić information content (AvgIpc) is 2.28. The number of hydrogen-bond donors (Lipinski definition) is 2. The standard InChI is InChI=1S/C15H29N3O/c1-15(2,3)13(16)14(19)17-10-8-11-6-5-7-12(9-10)18(11)4/h10-13H,5-9,16H2,1-4H3,(H,17,19)/t10?,11?,12?,13-/m0/s1. The van der Waals surface area contributed by atoms with Gasteiger partial charge >= 0.3 is 0 Å². The van der Waals surface area contributed by atoms with Crippen LogP contribution >= 0.6 is 0 Å². The third kappa shape index (κ3) is 3.29. The third-order valence-electron chi connectivity index (χ3n) is 4.90. The van der Waals surface area contributed by atoms with Gasteiger partial charge in [-0.3, -0.25) is 4.79 Å². The molecule has 110 valence electrons. The molecule has 3 atom stereocenters. The van der Waals surface area contributed by atoms with Crippen LogP contribution in [0, 0.1) is 5.41 Å². The van der Waals surface area contributed by atoms with E-state index in [1.54, 1.807) is 0 Å². The molecular weight excluding hydrogens is 238 g/mol. The number of nitrogens with two attached hydrogens (primary N) is 1. The Kier molecular flexibility index (Phi) is 4.21. The molecule has 0 saturated carbocycles. The van der Waals surface area contributed by atoms with Crippen molar-refractivity contribution in [2.24, 2.45) is 11.1 Å². The van der Waals surface area contributed by atoms with E-state index in [1.165, 1.54) is 19.3 Å². The fourth-order valence-electron chi connectivity index (χ4n) is 3.42. The molecule has 0 aromatic rings. The topological polar surface area (TPSA) is 58.4 Å². The molecule has 2 heterocycles. The van der Waals surface area contributed by atoms with Crippen LogP contribution in [0.5, 0.6) is 0 Å². The van der Waals surface area contributed by atoms with Crippen molar-refractivity contribution in [1.82, 2.24) is 10.2 Å². The van der Waals surface area contributed by atoms with Gasteiger partial charge in [-0.25, -0.2) is 0 Å². The fourth-order valence-corrected chi connectivity index (χ4v) is 3.42. The molecule has 0 spiro atoms. The minimum Gasteiger partial charge on any atom is -0.352 e. The lowest BCUT2D eigenvalue weighted by Crippen LogP contribution is -2.58. The Morgan fingerprint density at radius 1 is 1.26 bits per heavy atom. The van der Waals surface area contributed by atoms with Crippen LogP contribution in [-0.4, -0.2) is 42.0 Å². The molecule has 0 aromatic carbocycles. The molecule has 3 N–H and O–H groups in total. The molecule has 2 saturated heterocycles. The number of amides is 1. The number of piperidine rings is 2. The summed E-state index contributed by atoms with van der Waals surface area (Å²) in [7, 11) is 2.23. The van der Waals surface area contributed by atoms with Crippen LogP contribution in [0.25, 0.3) is 0 Å². The lowest BCUT2D eigenvalue weighted by atomic mass is 9.81. The van der Waals surface area contributed by atoms with E-state index in [0.717, 1.165) is 12.8 Å². The molecule has 2 unspecified atom stereocenters. The van der Waals surface area contributed by atoms with Gasteiger partial charge < -0.3 is 16.0 Å². The first kappa shape index (κ1) is 14.8. The molecule has 2 fully saturated rings. The van der Waals surface area contributed by atoms with E-state index in [9.17, 15) is 4.79 Å². The Hall–Kier alpha value is -0.610. The van der Waals surface area contributed by atoms with Gasteiger partial charge in [-0.15, -0.1) is 0 Å². The zero-order chi connectivity index (χ0) is 14.2. The molecule has 0 radical (unpaired) electrons. The van der Waals surface area contributed by atoms with E-state index < -0.39 is 6.04 Å². The molecule has 19 heavy (non-hydrogen) atoms. The lowest BCUT2D eigenvalue weighted by molar-refractivity contribution is -0.126. The number of nitrogens with zero attached hydrogens (tertiary/aromatic N) is 1. The largest absolute Gasteiger partial charge is 0.352 e. The van der Waals surface area contributed by atoms with E-state index in [-0.39, 0.29) is 11.3 Å². The van der Waals surface area contributed by atoms with Crippen LogP contribution in [0.15, 0.2) is 0 Å². The Morgan fingerprint density at radius 2 is 1.79 bits per heavy atom. The van der Waals surface area contributed by atoms with Gasteiger partial charge in [-0.05, 0) is 38.1 Å². The molecular formula is C15H29N3O. The first-order valence-corrected chi connectivity index (χ1v) is 7.57. The second-order valence-electron chi connectivity index (χ2n) is 7.42. The molecule has 0 aromatic heterocycles. The number of carbonyl (C=O) groups is 1. The number of fused-ring (bicyclic) bond motifs is 2. The number of rotatable bonds is 2. The van der Waals surface area contributed by atoms with Crippen molar-refractivity contribution in [3.63, 3.8) is 0 Å². The maximum atomic E-state index is 12.2. The summed E-state index contributed by atoms with van der Waals surface area (Å²) >= 11 is 0. The van der Waals surface area contributed by atoms with Crippen molar-refractivity contribution >= 4 is 5.91 Å². The van der Waals surface area contributed by atoms with Gasteiger partial charge in [0.05, 0.1) is 6.04 Å². The van der Waals surface area contributed by atoms with Gasteiger partial charge in [0.25, 0.3) is 0 Å². The zero-order valence-electron chi connectivity index (χ0n) is 12.8. The normalized spacial score (nSPS) is 33.8. The second-order valence-corrected chi connectivity index (χ2v) is 7.42. The van der Waals surface area contributed by atoms with E-state index in [1.807, 2.05) is 20.8 Å². The van der Waals surface area contributed by atoms with Crippen molar-refractivity contribution in [2.45, 2.75) is 77.0 Å². The summed E-state index contributed by atoms with van der Waals surface area (Å²) in [4.78, 5) is 14.7. The molecule has 2 rings (SSSR count). The Balaban J connectivity index is 1.92. The minimum atomic E-state index is -0.424. The predicted octanol–water partition coefficient (Wildman–Crippen LogP) is 1.49. The van der Waals surface area contributed by atoms with Crippen LogP contribution in [-0.2, 0) is 4.79 Å². The highest BCUT2D eigenvalue weighted by molar-refractivity contribution is 5.82. The maximum Gasteiger partial charge on any atom is 0.237 e. The summed E-state index contributed by atoms with van der Waals surface area (Å²) in [5.41, 5.74) is 5.86. The molecule has 2 aliphatic rings. The van der Waals surface area contributed by atoms with Gasteiger partial charge in [-0.1, -0.05) is 27.2 Å². The Bertz CT molecular complexity index is 323. The molecule has 0 aliphatic carbocycles. The quantitative estimate of drug-likeness (QED) is 0.797. The van der Waals surface area contributed by atoms with Crippen LogP contribution in [0.2, 0.25) is 0 Å². The Morgan fingerprint density at radius 3 is 2.26 bits per heavy atom. The van der Waals surface area contributed by atoms with Crippen LogP contribution < -0.4 is 11.1 Å². The van der Waals surface area contributed by atoms with Crippen LogP contribution in [0.3, 0.4) is 0 Å². The second kappa shape index (κ2) is 5.41. The monoisotopic (exact) mass is 267 g/mol. The van der Waals surface area contributed by atoms with Crippen LogP contribution in [0.4, 0.5) is 0 Å². The van der Waals surface area contributed by atoms with Crippen molar-refractivity contribution in [3.8, 4) is 0 Å². The van der Waals surface area contributed by atoms with Gasteiger partial charge in [0.2, 0.25) is 5.91 Å². The summed E-state index contributed by atoms with van der Waals surface area (Å²) in [5, 5.41) is 3.18. The highest BCUT2D eigenvalue weighted by Gasteiger charge is 2.37. The van der Waals surface area contributed by atoms with E-state index in [0.29, 0.717) is 18.1 Å². The van der Waals surface area contributed by atoms with Gasteiger partial charge in [0.1, 0.15) is 0 Å². The van der Waals surface area contributed by atoms with Gasteiger partial charge in [0, 0.05) is 18.1 Å². The molecule has 4 heteroatoms. The zero-order valence-corrected chi connectivity index (χ0v) is 12.8. The molecule has 4 nitrogen and oxygen atoms in total. The van der Waals surface area contributed by atoms with Gasteiger partial charge in [0.15, 0.2) is 0 Å². The highest BCUT2D eigenvalue weighted by Crippen LogP contribution is 2.32. The number of hydrogen-bond acceptors (Lipinski definition) is 3. The molecule has 1 amide bonds.